The van der Waals surface area contributed by atoms with Crippen LogP contribution in [0.15, 0.2) is 0 Å². The predicted molar refractivity (Wildman–Crippen MR) is 58.2 cm³/mol. The van der Waals surface area contributed by atoms with Crippen molar-refractivity contribution in [2.24, 2.45) is 0 Å². The third-order valence-corrected chi connectivity index (χ3v) is 4.95. The molecule has 1 N–H and O–H groups in total. The van der Waals surface area contributed by atoms with E-state index in [4.69, 9.17) is 0 Å². The van der Waals surface area contributed by atoms with Crippen molar-refractivity contribution in [3.8, 4) is 0 Å². The van der Waals surface area contributed by atoms with Crippen molar-refractivity contribution in [3.63, 3.8) is 0 Å². The lowest BCUT2D eigenvalue weighted by Crippen LogP contribution is -2.50. The van der Waals surface area contributed by atoms with Crippen LogP contribution in [0.1, 0.15) is 13.8 Å². The first-order chi connectivity index (χ1) is 6.33. The van der Waals surface area contributed by atoms with Gasteiger partial charge in [-0.25, -0.2) is 8.42 Å². The van der Waals surface area contributed by atoms with Crippen molar-refractivity contribution in [1.29, 1.82) is 0 Å². The average Bonchev–Trinajstić information content (AvgIpc) is 2.03. The Morgan fingerprint density at radius 1 is 1.29 bits per heavy atom. The van der Waals surface area contributed by atoms with Crippen LogP contribution in [0.25, 0.3) is 0 Å². The summed E-state index contributed by atoms with van der Waals surface area (Å²) in [6.45, 7) is 8.03. The Morgan fingerprint density at radius 3 is 2.21 bits per heavy atom. The highest BCUT2D eigenvalue weighted by Gasteiger charge is 2.32. The number of hydrogen-bond donors (Lipinski definition) is 1. The van der Waals surface area contributed by atoms with Gasteiger partial charge in [0, 0.05) is 39.0 Å². The van der Waals surface area contributed by atoms with Crippen LogP contribution in [0.2, 0.25) is 0 Å². The SMILES string of the molecule is CC(C)(CN1CCNCC1)S(C)(=O)=O. The molecule has 14 heavy (non-hydrogen) atoms. The van der Waals surface area contributed by atoms with Crippen LogP contribution < -0.4 is 5.32 Å². The van der Waals surface area contributed by atoms with Gasteiger partial charge in [0.1, 0.15) is 0 Å². The van der Waals surface area contributed by atoms with E-state index in [-0.39, 0.29) is 0 Å². The summed E-state index contributed by atoms with van der Waals surface area (Å²) in [5.41, 5.74) is 0. The van der Waals surface area contributed by atoms with E-state index in [9.17, 15) is 8.42 Å². The number of hydrogen-bond acceptors (Lipinski definition) is 4. The van der Waals surface area contributed by atoms with Crippen molar-refractivity contribution >= 4 is 9.84 Å². The van der Waals surface area contributed by atoms with E-state index in [1.54, 1.807) is 13.8 Å². The number of nitrogens with one attached hydrogen (secondary N) is 1. The summed E-state index contributed by atoms with van der Waals surface area (Å²) in [6, 6.07) is 0. The molecule has 0 bridgehead atoms. The summed E-state index contributed by atoms with van der Waals surface area (Å²) in [4.78, 5) is 2.21. The van der Waals surface area contributed by atoms with Crippen LogP contribution in [-0.4, -0.2) is 57.0 Å². The topological polar surface area (TPSA) is 49.4 Å². The van der Waals surface area contributed by atoms with Crippen LogP contribution in [-0.2, 0) is 9.84 Å². The second-order valence-corrected chi connectivity index (χ2v) is 7.21. The van der Waals surface area contributed by atoms with Crippen molar-refractivity contribution < 1.29 is 8.42 Å². The quantitative estimate of drug-likeness (QED) is 0.710. The Hall–Kier alpha value is -0.130. The summed E-state index contributed by atoms with van der Waals surface area (Å²) in [6.07, 6.45) is 1.31. The van der Waals surface area contributed by atoms with E-state index in [1.165, 1.54) is 6.26 Å². The first-order valence-electron chi connectivity index (χ1n) is 4.96. The molecule has 0 aromatic rings. The van der Waals surface area contributed by atoms with Crippen LogP contribution in [0, 0.1) is 0 Å². The monoisotopic (exact) mass is 220 g/mol. The van der Waals surface area contributed by atoms with Crippen LogP contribution in [0.5, 0.6) is 0 Å². The van der Waals surface area contributed by atoms with Gasteiger partial charge in [-0.2, -0.15) is 0 Å². The number of sulfone groups is 1. The number of piperazine rings is 1. The molecular formula is C9H20N2O2S. The van der Waals surface area contributed by atoms with E-state index in [0.29, 0.717) is 6.54 Å². The van der Waals surface area contributed by atoms with Gasteiger partial charge in [0.05, 0.1) is 4.75 Å². The van der Waals surface area contributed by atoms with E-state index in [2.05, 4.69) is 10.2 Å². The molecule has 0 aromatic carbocycles. The Kier molecular flexibility index (Phi) is 3.55. The van der Waals surface area contributed by atoms with E-state index < -0.39 is 14.6 Å². The Morgan fingerprint density at radius 2 is 1.79 bits per heavy atom. The molecule has 1 fully saturated rings. The van der Waals surface area contributed by atoms with Gasteiger partial charge < -0.3 is 5.32 Å². The van der Waals surface area contributed by atoms with Crippen molar-refractivity contribution in [3.05, 3.63) is 0 Å². The fourth-order valence-corrected chi connectivity index (χ4v) is 1.94. The van der Waals surface area contributed by atoms with Crippen LogP contribution in [0.4, 0.5) is 0 Å². The van der Waals surface area contributed by atoms with Crippen LogP contribution in [0.3, 0.4) is 0 Å². The molecule has 1 saturated heterocycles. The maximum atomic E-state index is 11.5. The Labute approximate surface area is 86.6 Å². The highest BCUT2D eigenvalue weighted by atomic mass is 32.2. The van der Waals surface area contributed by atoms with Gasteiger partial charge in [-0.3, -0.25) is 4.90 Å². The van der Waals surface area contributed by atoms with Crippen molar-refractivity contribution in [2.75, 3.05) is 39.0 Å². The molecule has 84 valence electrons. The molecule has 0 saturated carbocycles. The van der Waals surface area contributed by atoms with Gasteiger partial charge in [-0.05, 0) is 13.8 Å². The smallest absolute Gasteiger partial charge is 0.153 e. The molecule has 0 aromatic heterocycles. The second-order valence-electron chi connectivity index (χ2n) is 4.56. The molecule has 1 rings (SSSR count). The largest absolute Gasteiger partial charge is 0.314 e. The molecule has 1 aliphatic heterocycles. The molecule has 4 nitrogen and oxygen atoms in total. The van der Waals surface area contributed by atoms with Gasteiger partial charge in [0.2, 0.25) is 0 Å². The third kappa shape index (κ3) is 2.93. The lowest BCUT2D eigenvalue weighted by Gasteiger charge is -2.33. The fourth-order valence-electron chi connectivity index (χ4n) is 1.53. The Balaban J connectivity index is 2.58. The van der Waals surface area contributed by atoms with Gasteiger partial charge in [-0.1, -0.05) is 0 Å². The minimum Gasteiger partial charge on any atom is -0.314 e. The lowest BCUT2D eigenvalue weighted by molar-refractivity contribution is 0.223. The molecular weight excluding hydrogens is 200 g/mol. The molecule has 0 aliphatic carbocycles. The van der Waals surface area contributed by atoms with E-state index in [1.807, 2.05) is 0 Å². The summed E-state index contributed by atoms with van der Waals surface area (Å²) in [5, 5.41) is 3.25. The summed E-state index contributed by atoms with van der Waals surface area (Å²) >= 11 is 0. The average molecular weight is 220 g/mol. The highest BCUT2D eigenvalue weighted by molar-refractivity contribution is 7.92. The highest BCUT2D eigenvalue weighted by Crippen LogP contribution is 2.16. The van der Waals surface area contributed by atoms with Crippen LogP contribution >= 0.6 is 0 Å². The molecule has 1 aliphatic rings. The zero-order valence-corrected chi connectivity index (χ0v) is 10.0. The van der Waals surface area contributed by atoms with Crippen molar-refractivity contribution in [2.45, 2.75) is 18.6 Å². The summed E-state index contributed by atoms with van der Waals surface area (Å²) in [5.74, 6) is 0. The molecule has 0 atom stereocenters. The zero-order chi connectivity index (χ0) is 10.8. The maximum absolute atomic E-state index is 11.5. The van der Waals surface area contributed by atoms with Gasteiger partial charge in [-0.15, -0.1) is 0 Å². The molecule has 1 heterocycles. The fraction of sp³-hybridized carbons (Fsp3) is 1.00. The maximum Gasteiger partial charge on any atom is 0.153 e. The normalized spacial score (nSPS) is 21.1. The van der Waals surface area contributed by atoms with Gasteiger partial charge in [0.15, 0.2) is 9.84 Å². The molecule has 0 unspecified atom stereocenters. The van der Waals surface area contributed by atoms with E-state index in [0.717, 1.165) is 26.2 Å². The summed E-state index contributed by atoms with van der Waals surface area (Å²) in [7, 11) is -2.96. The summed E-state index contributed by atoms with van der Waals surface area (Å²) < 4.78 is 22.3. The molecule has 0 spiro atoms. The first-order valence-corrected chi connectivity index (χ1v) is 6.85. The van der Waals surface area contributed by atoms with Gasteiger partial charge >= 0.3 is 0 Å². The molecule has 5 heteroatoms. The number of rotatable bonds is 3. The second kappa shape index (κ2) is 4.16. The molecule has 0 amide bonds. The minimum atomic E-state index is -2.96. The predicted octanol–water partition coefficient (Wildman–Crippen LogP) is -0.285. The third-order valence-electron chi connectivity index (χ3n) is 2.82. The van der Waals surface area contributed by atoms with E-state index >= 15 is 0 Å². The zero-order valence-electron chi connectivity index (χ0n) is 9.21. The Bertz CT molecular complexity index is 279. The lowest BCUT2D eigenvalue weighted by atomic mass is 10.2. The van der Waals surface area contributed by atoms with Gasteiger partial charge in [0.25, 0.3) is 0 Å². The number of nitrogens with zero attached hydrogens (tertiary/aromatic N) is 1. The minimum absolute atomic E-state index is 0.632. The standard InChI is InChI=1S/C9H20N2O2S/c1-9(2,14(3,12)13)8-11-6-4-10-5-7-11/h10H,4-8H2,1-3H3. The molecule has 0 radical (unpaired) electrons. The van der Waals surface area contributed by atoms with Crippen molar-refractivity contribution in [1.82, 2.24) is 10.2 Å². The first kappa shape index (κ1) is 11.9.